The molecule has 3 heterocycles. The van der Waals surface area contributed by atoms with Crippen LogP contribution in [0.25, 0.3) is 0 Å². The molecule has 0 radical (unpaired) electrons. The second-order valence-corrected chi connectivity index (χ2v) is 8.75. The Balaban J connectivity index is 1.45. The molecule has 11 heteroatoms. The molecule has 2 amide bonds. The lowest BCUT2D eigenvalue weighted by molar-refractivity contribution is -0.917. The van der Waals surface area contributed by atoms with Crippen molar-refractivity contribution in [2.45, 2.75) is 6.54 Å². The van der Waals surface area contributed by atoms with Crippen molar-refractivity contribution in [3.05, 3.63) is 70.3 Å². The fraction of sp³-hybridized carbons (Fsp3) is 0.304. The topological polar surface area (TPSA) is 98.7 Å². The molecular formula is C23H26ClFN7O2+. The molecule has 0 spiro atoms. The van der Waals surface area contributed by atoms with E-state index in [0.29, 0.717) is 49.9 Å². The minimum atomic E-state index is -0.687. The molecule has 9 nitrogen and oxygen atoms in total. The van der Waals surface area contributed by atoms with E-state index in [1.165, 1.54) is 21.9 Å². The van der Waals surface area contributed by atoms with Gasteiger partial charge in [-0.1, -0.05) is 17.7 Å². The van der Waals surface area contributed by atoms with E-state index in [-0.39, 0.29) is 22.4 Å². The summed E-state index contributed by atoms with van der Waals surface area (Å²) in [5.41, 5.74) is 1.27. The molecule has 34 heavy (non-hydrogen) atoms. The van der Waals surface area contributed by atoms with Crippen LogP contribution in [0.4, 0.5) is 16.0 Å². The molecule has 2 aromatic heterocycles. The first-order valence-electron chi connectivity index (χ1n) is 10.9. The van der Waals surface area contributed by atoms with E-state index >= 15 is 0 Å². The fourth-order valence-electron chi connectivity index (χ4n) is 3.89. The number of hydrogen-bond donors (Lipinski definition) is 3. The van der Waals surface area contributed by atoms with Crippen LogP contribution in [0.15, 0.2) is 42.6 Å². The lowest BCUT2D eigenvalue weighted by atomic mass is 10.1. The largest absolute Gasteiger partial charge is 0.345 e. The Labute approximate surface area is 201 Å². The summed E-state index contributed by atoms with van der Waals surface area (Å²) in [5.74, 6) is 0.0390. The third-order valence-corrected chi connectivity index (χ3v) is 5.96. The summed E-state index contributed by atoms with van der Waals surface area (Å²) < 4.78 is 14.3. The van der Waals surface area contributed by atoms with Gasteiger partial charge >= 0.3 is 0 Å². The van der Waals surface area contributed by atoms with Crippen molar-refractivity contribution in [2.24, 2.45) is 0 Å². The van der Waals surface area contributed by atoms with E-state index in [4.69, 9.17) is 11.6 Å². The molecule has 0 bridgehead atoms. The Hall–Kier alpha value is -3.50. The average molecular weight is 487 g/mol. The standard InChI is InChI=1S/C23H25ClFN7O2/c1-30(2)22(33)15-12-16(27-20(13-15)28-19-6-7-26-29-19)14-31-8-10-32(11-9-31)23(34)17-4-3-5-18(24)21(17)25/h3-7,12-13H,8-11,14H2,1-2H3,(H2,26,27,28,29)/p+1. The number of benzene rings is 1. The number of carbonyl (C=O) groups is 2. The van der Waals surface area contributed by atoms with Crippen molar-refractivity contribution in [2.75, 3.05) is 45.6 Å². The van der Waals surface area contributed by atoms with Crippen molar-refractivity contribution in [3.63, 3.8) is 0 Å². The molecule has 0 unspecified atom stereocenters. The number of hydrogen-bond acceptors (Lipinski definition) is 5. The zero-order valence-electron chi connectivity index (χ0n) is 18.9. The van der Waals surface area contributed by atoms with E-state index in [2.05, 4.69) is 20.5 Å². The Morgan fingerprint density at radius 3 is 2.68 bits per heavy atom. The van der Waals surface area contributed by atoms with Crippen LogP contribution in [0.5, 0.6) is 0 Å². The zero-order chi connectivity index (χ0) is 24.2. The summed E-state index contributed by atoms with van der Waals surface area (Å²) >= 11 is 5.83. The maximum atomic E-state index is 14.3. The highest BCUT2D eigenvalue weighted by atomic mass is 35.5. The maximum absolute atomic E-state index is 14.3. The van der Waals surface area contributed by atoms with E-state index in [1.807, 2.05) is 0 Å². The number of halogens is 2. The molecule has 0 aliphatic carbocycles. The van der Waals surface area contributed by atoms with Crippen molar-refractivity contribution < 1.29 is 18.9 Å². The van der Waals surface area contributed by atoms with Crippen LogP contribution in [0, 0.1) is 5.82 Å². The monoisotopic (exact) mass is 486 g/mol. The van der Waals surface area contributed by atoms with Gasteiger partial charge in [0, 0.05) is 25.7 Å². The van der Waals surface area contributed by atoms with Gasteiger partial charge in [0.2, 0.25) is 0 Å². The molecule has 0 atom stereocenters. The number of piperazine rings is 1. The quantitative estimate of drug-likeness (QED) is 0.491. The summed E-state index contributed by atoms with van der Waals surface area (Å²) in [6.07, 6.45) is 1.62. The van der Waals surface area contributed by atoms with Crippen LogP contribution >= 0.6 is 11.6 Å². The van der Waals surface area contributed by atoms with Gasteiger partial charge < -0.3 is 20.0 Å². The number of amides is 2. The second-order valence-electron chi connectivity index (χ2n) is 8.35. The number of carbonyl (C=O) groups excluding carboxylic acids is 2. The lowest BCUT2D eigenvalue weighted by Crippen LogP contribution is -3.13. The molecule has 1 aliphatic rings. The van der Waals surface area contributed by atoms with E-state index < -0.39 is 5.82 Å². The van der Waals surface area contributed by atoms with Crippen LogP contribution in [0.3, 0.4) is 0 Å². The molecule has 3 N–H and O–H groups in total. The second kappa shape index (κ2) is 10.2. The lowest BCUT2D eigenvalue weighted by Gasteiger charge is -2.32. The predicted molar refractivity (Wildman–Crippen MR) is 126 cm³/mol. The van der Waals surface area contributed by atoms with Gasteiger partial charge in [-0.25, -0.2) is 9.37 Å². The van der Waals surface area contributed by atoms with Crippen molar-refractivity contribution in [1.82, 2.24) is 25.0 Å². The van der Waals surface area contributed by atoms with Crippen LogP contribution in [-0.2, 0) is 6.54 Å². The zero-order valence-corrected chi connectivity index (χ0v) is 19.7. The SMILES string of the molecule is CN(C)C(=O)c1cc(C[NH+]2CCN(C(=O)c3cccc(Cl)c3F)CC2)nc(Nc2ccn[nH]2)c1. The highest BCUT2D eigenvalue weighted by molar-refractivity contribution is 6.31. The maximum Gasteiger partial charge on any atom is 0.257 e. The third kappa shape index (κ3) is 5.35. The number of H-pyrrole nitrogens is 1. The molecule has 1 saturated heterocycles. The van der Waals surface area contributed by atoms with Crippen LogP contribution in [0.1, 0.15) is 26.4 Å². The average Bonchev–Trinajstić information content (AvgIpc) is 3.33. The Bertz CT molecular complexity index is 1180. The number of quaternary nitrogens is 1. The normalized spacial score (nSPS) is 14.2. The number of aromatic amines is 1. The number of nitrogens with one attached hydrogen (secondary N) is 3. The summed E-state index contributed by atoms with van der Waals surface area (Å²) in [7, 11) is 3.41. The number of nitrogens with zero attached hydrogens (tertiary/aromatic N) is 4. The number of anilines is 2. The van der Waals surface area contributed by atoms with Gasteiger partial charge in [0.1, 0.15) is 18.2 Å². The number of rotatable bonds is 6. The summed E-state index contributed by atoms with van der Waals surface area (Å²) in [6, 6.07) is 9.72. The number of aromatic nitrogens is 3. The van der Waals surface area contributed by atoms with E-state index in [1.54, 1.807) is 49.5 Å². The van der Waals surface area contributed by atoms with Gasteiger partial charge in [-0.05, 0) is 24.3 Å². The first-order valence-corrected chi connectivity index (χ1v) is 11.3. The van der Waals surface area contributed by atoms with Gasteiger partial charge in [-0.2, -0.15) is 5.10 Å². The summed E-state index contributed by atoms with van der Waals surface area (Å²) in [6.45, 7) is 2.89. The molecule has 1 fully saturated rings. The molecular weight excluding hydrogens is 461 g/mol. The van der Waals surface area contributed by atoms with Gasteiger partial charge in [-0.15, -0.1) is 0 Å². The molecule has 4 rings (SSSR count). The summed E-state index contributed by atoms with van der Waals surface area (Å²) in [4.78, 5) is 34.4. The van der Waals surface area contributed by atoms with Gasteiger partial charge in [0.25, 0.3) is 11.8 Å². The molecule has 0 saturated carbocycles. The Morgan fingerprint density at radius 1 is 1.24 bits per heavy atom. The Kier molecular flexibility index (Phi) is 7.09. The van der Waals surface area contributed by atoms with Crippen LogP contribution in [-0.4, -0.2) is 77.1 Å². The predicted octanol–water partition coefficient (Wildman–Crippen LogP) is 1.58. The van der Waals surface area contributed by atoms with Crippen LogP contribution < -0.4 is 10.2 Å². The molecule has 178 valence electrons. The van der Waals surface area contributed by atoms with Gasteiger partial charge in [0.15, 0.2) is 5.82 Å². The van der Waals surface area contributed by atoms with E-state index in [9.17, 15) is 14.0 Å². The first kappa shape index (κ1) is 23.7. The Morgan fingerprint density at radius 2 is 2.00 bits per heavy atom. The third-order valence-electron chi connectivity index (χ3n) is 5.67. The van der Waals surface area contributed by atoms with Crippen molar-refractivity contribution in [3.8, 4) is 0 Å². The molecule has 1 aliphatic heterocycles. The minimum Gasteiger partial charge on any atom is -0.345 e. The molecule has 3 aromatic rings. The van der Waals surface area contributed by atoms with Gasteiger partial charge in [0.05, 0.1) is 48.7 Å². The van der Waals surface area contributed by atoms with Crippen LogP contribution in [0.2, 0.25) is 5.02 Å². The van der Waals surface area contributed by atoms with Gasteiger partial charge in [-0.3, -0.25) is 14.7 Å². The highest BCUT2D eigenvalue weighted by Gasteiger charge is 2.27. The minimum absolute atomic E-state index is 0.0120. The van der Waals surface area contributed by atoms with E-state index in [0.717, 1.165) is 5.69 Å². The molecule has 1 aromatic carbocycles. The smallest absolute Gasteiger partial charge is 0.257 e. The fourth-order valence-corrected chi connectivity index (χ4v) is 4.06. The summed E-state index contributed by atoms with van der Waals surface area (Å²) in [5, 5.41) is 9.81. The van der Waals surface area contributed by atoms with Crippen molar-refractivity contribution in [1.29, 1.82) is 0 Å². The number of pyridine rings is 1. The van der Waals surface area contributed by atoms with Crippen molar-refractivity contribution >= 4 is 35.1 Å². The highest BCUT2D eigenvalue weighted by Crippen LogP contribution is 2.20. The first-order chi connectivity index (χ1) is 16.3.